The second kappa shape index (κ2) is 6.17. The molecule has 0 unspecified atom stereocenters. The van der Waals surface area contributed by atoms with Crippen molar-refractivity contribution in [2.24, 2.45) is 5.14 Å². The van der Waals surface area contributed by atoms with Crippen LogP contribution < -0.4 is 10.6 Å². The van der Waals surface area contributed by atoms with Gasteiger partial charge in [-0.3, -0.25) is 0 Å². The van der Waals surface area contributed by atoms with Crippen LogP contribution in [0.4, 0.5) is 0 Å². The molecule has 0 atom stereocenters. The monoisotopic (exact) mass is 266 g/mol. The predicted molar refractivity (Wildman–Crippen MR) is 63.3 cm³/mol. The normalized spacial score (nSPS) is 10.9. The lowest BCUT2D eigenvalue weighted by atomic mass is 10.1. The first kappa shape index (κ1) is 15.3. The molecule has 16 heavy (non-hydrogen) atoms. The van der Waals surface area contributed by atoms with E-state index in [9.17, 15) is 8.42 Å². The van der Waals surface area contributed by atoms with E-state index in [4.69, 9.17) is 10.3 Å². The van der Waals surface area contributed by atoms with E-state index in [2.05, 4.69) is 0 Å². The van der Waals surface area contributed by atoms with Crippen LogP contribution in [-0.2, 0) is 16.4 Å². The number of hydrogen-bond donors (Lipinski definition) is 3. The zero-order valence-corrected chi connectivity index (χ0v) is 10.4. The third-order valence-corrected chi connectivity index (χ3v) is 3.14. The lowest BCUT2D eigenvalue weighted by Gasteiger charge is -2.06. The van der Waals surface area contributed by atoms with Crippen molar-refractivity contribution in [2.75, 3.05) is 6.54 Å². The molecule has 0 aromatic heterocycles. The number of benzene rings is 1. The molecule has 0 saturated carbocycles. The summed E-state index contributed by atoms with van der Waals surface area (Å²) < 4.78 is 22.4. The molecule has 5 nitrogen and oxygen atoms in total. The molecule has 0 heterocycles. The van der Waals surface area contributed by atoms with E-state index in [1.807, 2.05) is 5.48 Å². The zero-order chi connectivity index (χ0) is 11.5. The first-order valence-corrected chi connectivity index (χ1v) is 5.99. The number of aryl methyl sites for hydroxylation is 1. The molecule has 0 saturated heterocycles. The molecule has 1 aromatic carbocycles. The van der Waals surface area contributed by atoms with E-state index in [1.54, 1.807) is 19.1 Å². The number of primary sulfonamides is 1. The maximum Gasteiger partial charge on any atom is 0.238 e. The van der Waals surface area contributed by atoms with Gasteiger partial charge in [0.1, 0.15) is 0 Å². The third kappa shape index (κ3) is 4.07. The minimum atomic E-state index is -3.66. The summed E-state index contributed by atoms with van der Waals surface area (Å²) in [4.78, 5) is 0.137. The van der Waals surface area contributed by atoms with Crippen LogP contribution in [0.15, 0.2) is 23.1 Å². The molecule has 0 amide bonds. The molecule has 0 aliphatic carbocycles. The molecule has 0 radical (unpaired) electrons. The zero-order valence-electron chi connectivity index (χ0n) is 8.80. The molecule has 0 fully saturated rings. The predicted octanol–water partition coefficient (Wildman–Crippen LogP) is 0.586. The van der Waals surface area contributed by atoms with Crippen LogP contribution in [0.25, 0.3) is 0 Å². The van der Waals surface area contributed by atoms with Crippen molar-refractivity contribution in [2.45, 2.75) is 18.2 Å². The Bertz CT molecular complexity index is 448. The number of nitrogens with one attached hydrogen (secondary N) is 1. The summed E-state index contributed by atoms with van der Waals surface area (Å²) in [5.74, 6) is 0. The number of hydroxylamine groups is 1. The fraction of sp³-hybridized carbons (Fsp3) is 0.333. The average molecular weight is 267 g/mol. The van der Waals surface area contributed by atoms with Crippen LogP contribution in [0.5, 0.6) is 0 Å². The highest BCUT2D eigenvalue weighted by Crippen LogP contribution is 2.15. The lowest BCUT2D eigenvalue weighted by Crippen LogP contribution is -2.15. The standard InChI is InChI=1S/C9H14N2O3S.ClH/c1-7-2-3-8(4-5-11-12)6-9(7)15(10,13)14;/h2-3,6,11-12H,4-5H2,1H3,(H2,10,13,14);1H. The van der Waals surface area contributed by atoms with E-state index >= 15 is 0 Å². The second-order valence-corrected chi connectivity index (χ2v) is 4.83. The third-order valence-electron chi connectivity index (χ3n) is 2.08. The fourth-order valence-corrected chi connectivity index (χ4v) is 2.14. The van der Waals surface area contributed by atoms with Gasteiger partial charge in [-0.1, -0.05) is 12.1 Å². The van der Waals surface area contributed by atoms with Crippen molar-refractivity contribution in [3.8, 4) is 0 Å². The van der Waals surface area contributed by atoms with Gasteiger partial charge >= 0.3 is 0 Å². The van der Waals surface area contributed by atoms with Crippen molar-refractivity contribution in [3.05, 3.63) is 29.3 Å². The largest absolute Gasteiger partial charge is 0.317 e. The fourth-order valence-electron chi connectivity index (χ4n) is 1.31. The molecular formula is C9H15ClN2O3S. The topological polar surface area (TPSA) is 92.4 Å². The molecule has 1 aromatic rings. The first-order chi connectivity index (χ1) is 6.95. The summed E-state index contributed by atoms with van der Waals surface area (Å²) in [6, 6.07) is 5.04. The van der Waals surface area contributed by atoms with Gasteiger partial charge < -0.3 is 5.21 Å². The van der Waals surface area contributed by atoms with Crippen molar-refractivity contribution in [3.63, 3.8) is 0 Å². The molecular weight excluding hydrogens is 252 g/mol. The Morgan fingerprint density at radius 1 is 1.44 bits per heavy atom. The molecule has 4 N–H and O–H groups in total. The van der Waals surface area contributed by atoms with Crippen LogP contribution in [0, 0.1) is 6.92 Å². The quantitative estimate of drug-likeness (QED) is 0.696. The van der Waals surface area contributed by atoms with E-state index in [-0.39, 0.29) is 17.3 Å². The lowest BCUT2D eigenvalue weighted by molar-refractivity contribution is 0.168. The SMILES string of the molecule is Cc1ccc(CCNO)cc1S(N)(=O)=O.Cl. The van der Waals surface area contributed by atoms with Crippen molar-refractivity contribution in [1.29, 1.82) is 0 Å². The molecule has 0 bridgehead atoms. The van der Waals surface area contributed by atoms with Crippen molar-refractivity contribution in [1.82, 2.24) is 5.48 Å². The molecule has 0 aliphatic rings. The van der Waals surface area contributed by atoms with Crippen molar-refractivity contribution >= 4 is 22.4 Å². The number of halogens is 1. The van der Waals surface area contributed by atoms with Crippen LogP contribution in [-0.4, -0.2) is 20.2 Å². The summed E-state index contributed by atoms with van der Waals surface area (Å²) in [5, 5.41) is 13.5. The minimum absolute atomic E-state index is 0. The molecule has 1 rings (SSSR count). The van der Waals surface area contributed by atoms with Crippen LogP contribution in [0.2, 0.25) is 0 Å². The van der Waals surface area contributed by atoms with Crippen LogP contribution in [0.3, 0.4) is 0 Å². The van der Waals surface area contributed by atoms with Crippen LogP contribution in [0.1, 0.15) is 11.1 Å². The minimum Gasteiger partial charge on any atom is -0.317 e. The second-order valence-electron chi connectivity index (χ2n) is 3.30. The highest BCUT2D eigenvalue weighted by Gasteiger charge is 2.11. The Balaban J connectivity index is 0.00000225. The Labute approximate surface area is 101 Å². The Morgan fingerprint density at radius 3 is 2.56 bits per heavy atom. The van der Waals surface area contributed by atoms with Gasteiger partial charge in [-0.05, 0) is 30.5 Å². The molecule has 0 aliphatic heterocycles. The van der Waals surface area contributed by atoms with Gasteiger partial charge in [-0.25, -0.2) is 19.0 Å². The first-order valence-electron chi connectivity index (χ1n) is 4.44. The molecule has 7 heteroatoms. The van der Waals surface area contributed by atoms with E-state index in [0.29, 0.717) is 18.5 Å². The van der Waals surface area contributed by atoms with Gasteiger partial charge in [-0.15, -0.1) is 12.4 Å². The summed E-state index contributed by atoms with van der Waals surface area (Å²) in [6.07, 6.45) is 0.541. The Morgan fingerprint density at radius 2 is 2.06 bits per heavy atom. The Kier molecular flexibility index (Phi) is 5.91. The smallest absolute Gasteiger partial charge is 0.238 e. The van der Waals surface area contributed by atoms with Crippen LogP contribution >= 0.6 is 12.4 Å². The summed E-state index contributed by atoms with van der Waals surface area (Å²) >= 11 is 0. The van der Waals surface area contributed by atoms with Gasteiger partial charge in [0.05, 0.1) is 4.90 Å². The van der Waals surface area contributed by atoms with E-state index in [0.717, 1.165) is 5.56 Å². The Hall–Kier alpha value is -0.660. The summed E-state index contributed by atoms with van der Waals surface area (Å²) in [5.41, 5.74) is 3.44. The van der Waals surface area contributed by atoms with Gasteiger partial charge in [0, 0.05) is 6.54 Å². The summed E-state index contributed by atoms with van der Waals surface area (Å²) in [7, 11) is -3.66. The van der Waals surface area contributed by atoms with Gasteiger partial charge in [0.25, 0.3) is 0 Å². The average Bonchev–Trinajstić information content (AvgIpc) is 2.15. The molecule has 92 valence electrons. The number of nitrogens with two attached hydrogens (primary N) is 1. The molecule has 0 spiro atoms. The van der Waals surface area contributed by atoms with Gasteiger partial charge in [-0.2, -0.15) is 0 Å². The maximum atomic E-state index is 11.2. The number of sulfonamides is 1. The maximum absolute atomic E-state index is 11.2. The van der Waals surface area contributed by atoms with Gasteiger partial charge in [0.15, 0.2) is 0 Å². The number of rotatable bonds is 4. The van der Waals surface area contributed by atoms with Gasteiger partial charge in [0.2, 0.25) is 10.0 Å². The van der Waals surface area contributed by atoms with E-state index < -0.39 is 10.0 Å². The highest BCUT2D eigenvalue weighted by molar-refractivity contribution is 7.89. The highest BCUT2D eigenvalue weighted by atomic mass is 35.5. The van der Waals surface area contributed by atoms with E-state index in [1.165, 1.54) is 6.07 Å². The summed E-state index contributed by atoms with van der Waals surface area (Å²) in [6.45, 7) is 2.06. The van der Waals surface area contributed by atoms with Crippen molar-refractivity contribution < 1.29 is 13.6 Å². The number of hydrogen-bond acceptors (Lipinski definition) is 4.